The molecule has 0 aliphatic carbocycles. The molecule has 0 saturated heterocycles. The fourth-order valence-electron chi connectivity index (χ4n) is 2.39. The molecule has 8 heteroatoms. The lowest BCUT2D eigenvalue weighted by Gasteiger charge is -2.07. The zero-order valence-electron chi connectivity index (χ0n) is 15.0. The molecule has 4 amide bonds. The molecule has 1 aromatic carbocycles. The van der Waals surface area contributed by atoms with Crippen molar-refractivity contribution in [2.45, 2.75) is 32.2 Å². The van der Waals surface area contributed by atoms with E-state index in [4.69, 9.17) is 10.2 Å². The molecule has 0 saturated carbocycles. The molecule has 2 aromatic rings. The Hall–Kier alpha value is -3.29. The molecule has 0 fully saturated rings. The molecule has 0 unspecified atom stereocenters. The van der Waals surface area contributed by atoms with Crippen molar-refractivity contribution < 1.29 is 18.8 Å². The molecule has 144 valence electrons. The van der Waals surface area contributed by atoms with Gasteiger partial charge < -0.3 is 26.1 Å². The van der Waals surface area contributed by atoms with E-state index in [1.807, 2.05) is 12.1 Å². The molecule has 0 bridgehead atoms. The van der Waals surface area contributed by atoms with Crippen molar-refractivity contribution in [1.82, 2.24) is 10.6 Å². The molecule has 0 atom stereocenters. The first-order chi connectivity index (χ1) is 13.0. The van der Waals surface area contributed by atoms with E-state index in [1.165, 1.54) is 6.26 Å². The lowest BCUT2D eigenvalue weighted by Crippen LogP contribution is -2.30. The second-order valence-corrected chi connectivity index (χ2v) is 6.01. The van der Waals surface area contributed by atoms with Crippen LogP contribution in [0.1, 0.15) is 41.8 Å². The van der Waals surface area contributed by atoms with Crippen LogP contribution in [0.4, 0.5) is 10.5 Å². The molecule has 8 nitrogen and oxygen atoms in total. The van der Waals surface area contributed by atoms with Crippen LogP contribution in [-0.2, 0) is 11.3 Å². The predicted octanol–water partition coefficient (Wildman–Crippen LogP) is 2.38. The molecule has 2 rings (SSSR count). The maximum Gasteiger partial charge on any atom is 0.312 e. The summed E-state index contributed by atoms with van der Waals surface area (Å²) in [5, 5.41) is 8.10. The van der Waals surface area contributed by atoms with Crippen molar-refractivity contribution in [3.05, 3.63) is 54.0 Å². The standard InChI is InChI=1S/C19H24N4O4/c20-19(26)21-11-3-1-2-6-17(24)22-13-14-7-9-15(10-8-14)23-18(25)16-5-4-12-27-16/h4-5,7-10,12H,1-3,6,11,13H2,(H,22,24)(H,23,25)(H3,20,21,26). The predicted molar refractivity (Wildman–Crippen MR) is 101 cm³/mol. The smallest absolute Gasteiger partial charge is 0.312 e. The SMILES string of the molecule is NC(=O)NCCCCCC(=O)NCc1ccc(NC(=O)c2ccco2)cc1. The number of urea groups is 1. The average Bonchev–Trinajstić information content (AvgIpc) is 3.18. The summed E-state index contributed by atoms with van der Waals surface area (Å²) in [4.78, 5) is 34.2. The highest BCUT2D eigenvalue weighted by Gasteiger charge is 2.08. The highest BCUT2D eigenvalue weighted by molar-refractivity contribution is 6.02. The van der Waals surface area contributed by atoms with Crippen molar-refractivity contribution in [1.29, 1.82) is 0 Å². The molecule has 5 N–H and O–H groups in total. The Kier molecular flexibility index (Phi) is 7.90. The number of amides is 4. The van der Waals surface area contributed by atoms with Crippen LogP contribution in [0.15, 0.2) is 47.1 Å². The van der Waals surface area contributed by atoms with Crippen molar-refractivity contribution in [3.63, 3.8) is 0 Å². The van der Waals surface area contributed by atoms with Gasteiger partial charge in [0.1, 0.15) is 0 Å². The number of nitrogens with two attached hydrogens (primary N) is 1. The Morgan fingerprint density at radius 1 is 0.963 bits per heavy atom. The Morgan fingerprint density at radius 2 is 1.74 bits per heavy atom. The van der Waals surface area contributed by atoms with Crippen molar-refractivity contribution in [3.8, 4) is 0 Å². The molecule has 27 heavy (non-hydrogen) atoms. The van der Waals surface area contributed by atoms with Crippen LogP contribution in [0.25, 0.3) is 0 Å². The topological polar surface area (TPSA) is 126 Å². The summed E-state index contributed by atoms with van der Waals surface area (Å²) in [6.45, 7) is 0.953. The molecule has 1 aromatic heterocycles. The van der Waals surface area contributed by atoms with Gasteiger partial charge in [0.2, 0.25) is 5.91 Å². The third-order valence-corrected chi connectivity index (χ3v) is 3.83. The van der Waals surface area contributed by atoms with E-state index in [-0.39, 0.29) is 17.6 Å². The molecular weight excluding hydrogens is 348 g/mol. The third-order valence-electron chi connectivity index (χ3n) is 3.83. The molecule has 0 aliphatic heterocycles. The van der Waals surface area contributed by atoms with E-state index >= 15 is 0 Å². The number of benzene rings is 1. The van der Waals surface area contributed by atoms with E-state index in [0.717, 1.165) is 24.8 Å². The Labute approximate surface area is 157 Å². The fourth-order valence-corrected chi connectivity index (χ4v) is 2.39. The van der Waals surface area contributed by atoms with Crippen LogP contribution < -0.4 is 21.7 Å². The number of rotatable bonds is 10. The minimum atomic E-state index is -0.528. The van der Waals surface area contributed by atoms with Crippen LogP contribution in [0.3, 0.4) is 0 Å². The van der Waals surface area contributed by atoms with Gasteiger partial charge in [-0.25, -0.2) is 4.79 Å². The summed E-state index contributed by atoms with van der Waals surface area (Å²) in [5.74, 6) is -0.0862. The van der Waals surface area contributed by atoms with Crippen LogP contribution >= 0.6 is 0 Å². The minimum absolute atomic E-state index is 0.0203. The van der Waals surface area contributed by atoms with E-state index in [2.05, 4.69) is 16.0 Å². The molecule has 0 spiro atoms. The van der Waals surface area contributed by atoms with Gasteiger partial charge >= 0.3 is 6.03 Å². The number of carbonyl (C=O) groups excluding carboxylic acids is 3. The van der Waals surface area contributed by atoms with E-state index in [1.54, 1.807) is 24.3 Å². The van der Waals surface area contributed by atoms with Gasteiger partial charge in [0.15, 0.2) is 5.76 Å². The monoisotopic (exact) mass is 372 g/mol. The summed E-state index contributed by atoms with van der Waals surface area (Å²) in [6, 6.07) is 9.94. The zero-order chi connectivity index (χ0) is 19.5. The number of nitrogens with one attached hydrogen (secondary N) is 3. The van der Waals surface area contributed by atoms with Gasteiger partial charge in [0.25, 0.3) is 5.91 Å². The summed E-state index contributed by atoms with van der Waals surface area (Å²) >= 11 is 0. The number of anilines is 1. The Morgan fingerprint density at radius 3 is 2.41 bits per heavy atom. The minimum Gasteiger partial charge on any atom is -0.459 e. The first-order valence-electron chi connectivity index (χ1n) is 8.78. The maximum atomic E-state index is 11.9. The number of hydrogen-bond donors (Lipinski definition) is 4. The third kappa shape index (κ3) is 7.64. The average molecular weight is 372 g/mol. The largest absolute Gasteiger partial charge is 0.459 e. The van der Waals surface area contributed by atoms with E-state index in [9.17, 15) is 14.4 Å². The van der Waals surface area contributed by atoms with Crippen molar-refractivity contribution in [2.75, 3.05) is 11.9 Å². The first kappa shape index (κ1) is 20.0. The van der Waals surface area contributed by atoms with Crippen LogP contribution in [0.2, 0.25) is 0 Å². The number of primary amides is 1. The lowest BCUT2D eigenvalue weighted by molar-refractivity contribution is -0.121. The summed E-state index contributed by atoms with van der Waals surface area (Å²) in [7, 11) is 0. The van der Waals surface area contributed by atoms with E-state index in [0.29, 0.717) is 25.2 Å². The quantitative estimate of drug-likeness (QED) is 0.478. The molecule has 0 aliphatic rings. The number of furan rings is 1. The van der Waals surface area contributed by atoms with E-state index < -0.39 is 6.03 Å². The highest BCUT2D eigenvalue weighted by atomic mass is 16.3. The summed E-state index contributed by atoms with van der Waals surface area (Å²) in [6.07, 6.45) is 4.27. The van der Waals surface area contributed by atoms with Gasteiger partial charge in [0, 0.05) is 25.2 Å². The molecule has 0 radical (unpaired) electrons. The van der Waals surface area contributed by atoms with Crippen molar-refractivity contribution >= 4 is 23.5 Å². The van der Waals surface area contributed by atoms with Gasteiger partial charge in [-0.1, -0.05) is 18.6 Å². The van der Waals surface area contributed by atoms with Crippen LogP contribution in [-0.4, -0.2) is 24.4 Å². The van der Waals surface area contributed by atoms with Crippen LogP contribution in [0, 0.1) is 0 Å². The Balaban J connectivity index is 1.63. The second kappa shape index (κ2) is 10.6. The maximum absolute atomic E-state index is 11.9. The molecule has 1 heterocycles. The van der Waals surface area contributed by atoms with Gasteiger partial charge in [-0.3, -0.25) is 9.59 Å². The lowest BCUT2D eigenvalue weighted by atomic mass is 10.1. The van der Waals surface area contributed by atoms with Crippen LogP contribution in [0.5, 0.6) is 0 Å². The second-order valence-electron chi connectivity index (χ2n) is 6.01. The summed E-state index contributed by atoms with van der Waals surface area (Å²) < 4.78 is 5.04. The van der Waals surface area contributed by atoms with Gasteiger partial charge in [-0.2, -0.15) is 0 Å². The Bertz CT molecular complexity index is 742. The number of hydrogen-bond acceptors (Lipinski definition) is 4. The van der Waals surface area contributed by atoms with Crippen molar-refractivity contribution in [2.24, 2.45) is 5.73 Å². The zero-order valence-corrected chi connectivity index (χ0v) is 15.0. The van der Waals surface area contributed by atoms with Gasteiger partial charge in [0.05, 0.1) is 6.26 Å². The fraction of sp³-hybridized carbons (Fsp3) is 0.316. The van der Waals surface area contributed by atoms with Gasteiger partial charge in [-0.05, 0) is 42.7 Å². The molecular formula is C19H24N4O4. The highest BCUT2D eigenvalue weighted by Crippen LogP contribution is 2.12. The van der Waals surface area contributed by atoms with Gasteiger partial charge in [-0.15, -0.1) is 0 Å². The first-order valence-corrected chi connectivity index (χ1v) is 8.78. The normalized spacial score (nSPS) is 10.2. The number of unbranched alkanes of at least 4 members (excludes halogenated alkanes) is 2. The number of carbonyl (C=O) groups is 3. The summed E-state index contributed by atoms with van der Waals surface area (Å²) in [5.41, 5.74) is 6.55.